The topological polar surface area (TPSA) is 6.48 Å². The number of rotatable bonds is 2. The van der Waals surface area contributed by atoms with Crippen LogP contribution in [-0.4, -0.2) is 48.6 Å². The van der Waals surface area contributed by atoms with Crippen LogP contribution in [0.5, 0.6) is 0 Å². The van der Waals surface area contributed by atoms with Crippen LogP contribution in [0.25, 0.3) is 0 Å². The van der Waals surface area contributed by atoms with Gasteiger partial charge in [0.2, 0.25) is 0 Å². The lowest BCUT2D eigenvalue weighted by Gasteiger charge is -2.42. The van der Waals surface area contributed by atoms with Crippen molar-refractivity contribution in [3.63, 3.8) is 0 Å². The van der Waals surface area contributed by atoms with Crippen molar-refractivity contribution in [3.8, 4) is 12.3 Å². The number of piperidine rings is 1. The third-order valence-electron chi connectivity index (χ3n) is 3.28. The molecule has 0 saturated carbocycles. The molecule has 2 aliphatic rings. The fourth-order valence-electron chi connectivity index (χ4n) is 2.28. The quantitative estimate of drug-likeness (QED) is 0.577. The van der Waals surface area contributed by atoms with Crippen LogP contribution in [-0.2, 0) is 0 Å². The highest BCUT2D eigenvalue weighted by Crippen LogP contribution is 2.20. The van der Waals surface area contributed by atoms with Crippen LogP contribution in [0, 0.1) is 12.3 Å². The predicted octanol–water partition coefficient (Wildman–Crippen LogP) is 0.790. The molecule has 0 spiro atoms. The molecule has 2 rings (SSSR count). The average molecular weight is 178 g/mol. The van der Waals surface area contributed by atoms with Gasteiger partial charge in [-0.15, -0.1) is 6.42 Å². The summed E-state index contributed by atoms with van der Waals surface area (Å²) in [7, 11) is 0. The number of hydrogen-bond acceptors (Lipinski definition) is 2. The van der Waals surface area contributed by atoms with Gasteiger partial charge >= 0.3 is 0 Å². The standard InChI is InChI=1S/C11H18N2/c1-2-6-12-9-4-11(5-10-12)13-7-3-8-13/h1,11H,3-10H2. The second-order valence-corrected chi connectivity index (χ2v) is 4.10. The lowest BCUT2D eigenvalue weighted by molar-refractivity contribution is 0.0674. The van der Waals surface area contributed by atoms with E-state index in [1.165, 1.54) is 45.4 Å². The number of terminal acetylenes is 1. The summed E-state index contributed by atoms with van der Waals surface area (Å²) in [6.07, 6.45) is 9.34. The molecule has 0 bridgehead atoms. The molecule has 2 nitrogen and oxygen atoms in total. The highest BCUT2D eigenvalue weighted by atomic mass is 15.2. The Kier molecular flexibility index (Phi) is 2.87. The molecule has 2 aliphatic heterocycles. The van der Waals surface area contributed by atoms with Gasteiger partial charge in [-0.1, -0.05) is 5.92 Å². The number of nitrogens with zero attached hydrogens (tertiary/aromatic N) is 2. The number of hydrogen-bond donors (Lipinski definition) is 0. The van der Waals surface area contributed by atoms with Crippen molar-refractivity contribution < 1.29 is 0 Å². The second-order valence-electron chi connectivity index (χ2n) is 4.10. The predicted molar refractivity (Wildman–Crippen MR) is 54.5 cm³/mol. The van der Waals surface area contributed by atoms with Crippen molar-refractivity contribution >= 4 is 0 Å². The first-order chi connectivity index (χ1) is 6.40. The molecule has 13 heavy (non-hydrogen) atoms. The highest BCUT2D eigenvalue weighted by Gasteiger charge is 2.27. The Hall–Kier alpha value is -0.520. The van der Waals surface area contributed by atoms with E-state index in [4.69, 9.17) is 6.42 Å². The molecule has 0 amide bonds. The molecule has 2 fully saturated rings. The van der Waals surface area contributed by atoms with Gasteiger partial charge in [0.05, 0.1) is 6.54 Å². The molecular weight excluding hydrogens is 160 g/mol. The Labute approximate surface area is 80.9 Å². The summed E-state index contributed by atoms with van der Waals surface area (Å²) >= 11 is 0. The molecule has 2 heterocycles. The normalized spacial score (nSPS) is 26.7. The lowest BCUT2D eigenvalue weighted by atomic mass is 10.00. The van der Waals surface area contributed by atoms with Gasteiger partial charge in [0, 0.05) is 19.1 Å². The van der Waals surface area contributed by atoms with Crippen LogP contribution < -0.4 is 0 Å². The van der Waals surface area contributed by atoms with Crippen molar-refractivity contribution in [2.45, 2.75) is 25.3 Å². The Bertz CT molecular complexity index is 195. The van der Waals surface area contributed by atoms with Gasteiger partial charge in [0.25, 0.3) is 0 Å². The lowest BCUT2D eigenvalue weighted by Crippen LogP contribution is -2.50. The van der Waals surface area contributed by atoms with Crippen LogP contribution in [0.4, 0.5) is 0 Å². The van der Waals surface area contributed by atoms with Gasteiger partial charge < -0.3 is 4.90 Å². The Balaban J connectivity index is 1.73. The summed E-state index contributed by atoms with van der Waals surface area (Å²) in [6, 6.07) is 0.864. The smallest absolute Gasteiger partial charge is 0.0598 e. The molecule has 2 saturated heterocycles. The minimum absolute atomic E-state index is 0.840. The van der Waals surface area contributed by atoms with Gasteiger partial charge in [-0.25, -0.2) is 0 Å². The fraction of sp³-hybridized carbons (Fsp3) is 0.818. The second kappa shape index (κ2) is 4.13. The van der Waals surface area contributed by atoms with Crippen LogP contribution in [0.15, 0.2) is 0 Å². The molecule has 0 aromatic rings. The van der Waals surface area contributed by atoms with Gasteiger partial charge in [0.1, 0.15) is 0 Å². The first-order valence-electron chi connectivity index (χ1n) is 5.30. The Morgan fingerprint density at radius 2 is 1.85 bits per heavy atom. The SMILES string of the molecule is C#CCN1CCC(N2CCC2)CC1. The summed E-state index contributed by atoms with van der Waals surface area (Å²) < 4.78 is 0. The van der Waals surface area contributed by atoms with Crippen molar-refractivity contribution in [3.05, 3.63) is 0 Å². The maximum atomic E-state index is 5.29. The third kappa shape index (κ3) is 2.04. The van der Waals surface area contributed by atoms with Gasteiger partial charge in [-0.05, 0) is 32.4 Å². The van der Waals surface area contributed by atoms with E-state index in [0.29, 0.717) is 0 Å². The molecular formula is C11H18N2. The van der Waals surface area contributed by atoms with Crippen LogP contribution in [0.1, 0.15) is 19.3 Å². The van der Waals surface area contributed by atoms with Gasteiger partial charge in [0.15, 0.2) is 0 Å². The molecule has 0 atom stereocenters. The van der Waals surface area contributed by atoms with Crippen molar-refractivity contribution in [1.29, 1.82) is 0 Å². The summed E-state index contributed by atoms with van der Waals surface area (Å²) in [5, 5.41) is 0. The van der Waals surface area contributed by atoms with E-state index in [-0.39, 0.29) is 0 Å². The van der Waals surface area contributed by atoms with E-state index in [1.54, 1.807) is 0 Å². The zero-order valence-corrected chi connectivity index (χ0v) is 8.21. The molecule has 0 radical (unpaired) electrons. The van der Waals surface area contributed by atoms with E-state index in [1.807, 2.05) is 0 Å². The summed E-state index contributed by atoms with van der Waals surface area (Å²) in [5.74, 6) is 2.72. The molecule has 0 unspecified atom stereocenters. The van der Waals surface area contributed by atoms with E-state index < -0.39 is 0 Å². The summed E-state index contributed by atoms with van der Waals surface area (Å²) in [4.78, 5) is 5.00. The minimum Gasteiger partial charge on any atom is -0.300 e. The third-order valence-corrected chi connectivity index (χ3v) is 3.28. The van der Waals surface area contributed by atoms with Crippen LogP contribution >= 0.6 is 0 Å². The van der Waals surface area contributed by atoms with Crippen molar-refractivity contribution in [2.75, 3.05) is 32.7 Å². The van der Waals surface area contributed by atoms with Gasteiger partial charge in [-0.3, -0.25) is 4.90 Å². The van der Waals surface area contributed by atoms with E-state index in [2.05, 4.69) is 15.7 Å². The minimum atomic E-state index is 0.840. The summed E-state index contributed by atoms with van der Waals surface area (Å²) in [6.45, 7) is 5.91. The zero-order valence-electron chi connectivity index (χ0n) is 8.21. The molecule has 2 heteroatoms. The molecule has 0 aromatic carbocycles. The molecule has 72 valence electrons. The van der Waals surface area contributed by atoms with Gasteiger partial charge in [-0.2, -0.15) is 0 Å². The van der Waals surface area contributed by atoms with Crippen molar-refractivity contribution in [2.24, 2.45) is 0 Å². The maximum Gasteiger partial charge on any atom is 0.0598 e. The zero-order chi connectivity index (χ0) is 9.10. The molecule has 0 N–H and O–H groups in total. The largest absolute Gasteiger partial charge is 0.300 e. The van der Waals surface area contributed by atoms with E-state index in [0.717, 1.165) is 12.6 Å². The Morgan fingerprint density at radius 1 is 1.15 bits per heavy atom. The van der Waals surface area contributed by atoms with Crippen LogP contribution in [0.2, 0.25) is 0 Å². The van der Waals surface area contributed by atoms with Crippen molar-refractivity contribution in [1.82, 2.24) is 9.80 Å². The molecule has 0 aliphatic carbocycles. The molecule has 0 aromatic heterocycles. The highest BCUT2D eigenvalue weighted by molar-refractivity contribution is 4.91. The van der Waals surface area contributed by atoms with Crippen LogP contribution in [0.3, 0.4) is 0 Å². The fourth-order valence-corrected chi connectivity index (χ4v) is 2.28. The van der Waals surface area contributed by atoms with E-state index >= 15 is 0 Å². The number of likely N-dealkylation sites (tertiary alicyclic amines) is 2. The maximum absolute atomic E-state index is 5.29. The first kappa shape index (κ1) is 9.05. The first-order valence-corrected chi connectivity index (χ1v) is 5.30. The average Bonchev–Trinajstić information content (AvgIpc) is 2.06. The Morgan fingerprint density at radius 3 is 2.31 bits per heavy atom. The summed E-state index contributed by atoms with van der Waals surface area (Å²) in [5.41, 5.74) is 0. The monoisotopic (exact) mass is 178 g/mol. The van der Waals surface area contributed by atoms with E-state index in [9.17, 15) is 0 Å².